The average molecular weight is 445 g/mol. The lowest BCUT2D eigenvalue weighted by Crippen LogP contribution is -2.32. The molecule has 0 aliphatic rings. The Bertz CT molecular complexity index is 1340. The van der Waals surface area contributed by atoms with Crippen LogP contribution in [0.15, 0.2) is 65.7 Å². The van der Waals surface area contributed by atoms with Crippen LogP contribution in [0.4, 0.5) is 0 Å². The zero-order valence-electron chi connectivity index (χ0n) is 19.2. The van der Waals surface area contributed by atoms with Gasteiger partial charge in [-0.15, -0.1) is 0 Å². The van der Waals surface area contributed by atoms with Crippen LogP contribution in [0.3, 0.4) is 0 Å². The number of benzene rings is 2. The Kier molecular flexibility index (Phi) is 6.58. The van der Waals surface area contributed by atoms with Crippen LogP contribution in [0, 0.1) is 13.8 Å². The lowest BCUT2D eigenvalue weighted by Gasteiger charge is -2.08. The van der Waals surface area contributed by atoms with Crippen molar-refractivity contribution in [1.82, 2.24) is 19.5 Å². The number of nitrogens with zero attached hydrogens (tertiary/aromatic N) is 3. The second-order valence-electron chi connectivity index (χ2n) is 8.08. The number of amides is 1. The normalized spacial score (nSPS) is 11.0. The van der Waals surface area contributed by atoms with Gasteiger partial charge in [-0.05, 0) is 50.1 Å². The fraction of sp³-hybridized carbons (Fsp3) is 0.269. The topological polar surface area (TPSA) is 77.6 Å². The molecule has 1 N–H and O–H groups in total. The monoisotopic (exact) mass is 444 g/mol. The predicted molar refractivity (Wildman–Crippen MR) is 129 cm³/mol. The highest BCUT2D eigenvalue weighted by molar-refractivity contribution is 5.78. The molecule has 0 bridgehead atoms. The molecule has 0 saturated carbocycles. The van der Waals surface area contributed by atoms with Crippen molar-refractivity contribution in [2.24, 2.45) is 0 Å². The van der Waals surface area contributed by atoms with Crippen molar-refractivity contribution in [3.8, 4) is 17.0 Å². The van der Waals surface area contributed by atoms with Crippen molar-refractivity contribution in [3.05, 3.63) is 88.0 Å². The van der Waals surface area contributed by atoms with Gasteiger partial charge in [-0.25, -0.2) is 4.52 Å². The van der Waals surface area contributed by atoms with Gasteiger partial charge in [0.1, 0.15) is 11.3 Å². The lowest BCUT2D eigenvalue weighted by atomic mass is 10.0. The van der Waals surface area contributed by atoms with Crippen molar-refractivity contribution >= 4 is 11.4 Å². The van der Waals surface area contributed by atoms with E-state index >= 15 is 0 Å². The minimum Gasteiger partial charge on any atom is -0.494 e. The van der Waals surface area contributed by atoms with E-state index in [1.54, 1.807) is 21.5 Å². The third-order valence-corrected chi connectivity index (χ3v) is 5.54. The molecule has 2 aromatic heterocycles. The van der Waals surface area contributed by atoms with Gasteiger partial charge in [0, 0.05) is 31.0 Å². The van der Waals surface area contributed by atoms with Crippen molar-refractivity contribution in [2.75, 3.05) is 13.2 Å². The quantitative estimate of drug-likeness (QED) is 0.451. The summed E-state index contributed by atoms with van der Waals surface area (Å²) in [6.07, 6.45) is 3.75. The molecule has 0 unspecified atom stereocenters. The Morgan fingerprint density at radius 3 is 2.58 bits per heavy atom. The third-order valence-electron chi connectivity index (χ3n) is 5.54. The molecule has 4 aromatic rings. The van der Waals surface area contributed by atoms with Gasteiger partial charge in [0.25, 0.3) is 5.56 Å². The van der Waals surface area contributed by atoms with Gasteiger partial charge < -0.3 is 14.6 Å². The zero-order valence-corrected chi connectivity index (χ0v) is 19.2. The maximum Gasteiger partial charge on any atom is 0.276 e. The van der Waals surface area contributed by atoms with Crippen molar-refractivity contribution < 1.29 is 9.53 Å². The number of rotatable bonds is 8. The number of fused-ring (bicyclic) bond motifs is 1. The van der Waals surface area contributed by atoms with Crippen molar-refractivity contribution in [3.63, 3.8) is 0 Å². The first kappa shape index (κ1) is 22.3. The van der Waals surface area contributed by atoms with Gasteiger partial charge in [0.15, 0.2) is 0 Å². The van der Waals surface area contributed by atoms with E-state index in [9.17, 15) is 9.59 Å². The fourth-order valence-electron chi connectivity index (χ4n) is 3.87. The molecule has 0 aliphatic heterocycles. The van der Waals surface area contributed by atoms with Crippen LogP contribution in [-0.2, 0) is 17.8 Å². The minimum absolute atomic E-state index is 0.0882. The standard InChI is InChI=1S/C26H28N4O3/c1-4-33-21-8-6-20(7-9-21)16-25(31)27-11-12-29-13-14-30-24(26(29)32)17-23(28-30)22-10-5-18(2)15-19(22)3/h5-10,13-15,17H,4,11-12,16H2,1-3H3,(H,27,31). The minimum atomic E-state index is -0.137. The maximum atomic E-state index is 12.9. The summed E-state index contributed by atoms with van der Waals surface area (Å²) >= 11 is 0. The summed E-state index contributed by atoms with van der Waals surface area (Å²) in [6.45, 7) is 7.38. The van der Waals surface area contributed by atoms with E-state index in [2.05, 4.69) is 23.4 Å². The number of carbonyl (C=O) groups is 1. The van der Waals surface area contributed by atoms with Crippen LogP contribution in [-0.4, -0.2) is 33.2 Å². The second-order valence-corrected chi connectivity index (χ2v) is 8.08. The van der Waals surface area contributed by atoms with E-state index in [1.165, 1.54) is 5.56 Å². The number of carbonyl (C=O) groups excluding carboxylic acids is 1. The summed E-state index contributed by atoms with van der Waals surface area (Å²) in [6, 6.07) is 15.5. The Morgan fingerprint density at radius 2 is 1.85 bits per heavy atom. The smallest absolute Gasteiger partial charge is 0.276 e. The Balaban J connectivity index is 1.40. The van der Waals surface area contributed by atoms with Crippen LogP contribution >= 0.6 is 0 Å². The molecule has 7 heteroatoms. The van der Waals surface area contributed by atoms with E-state index in [-0.39, 0.29) is 17.9 Å². The molecule has 33 heavy (non-hydrogen) atoms. The molecule has 2 aromatic carbocycles. The van der Waals surface area contributed by atoms with E-state index < -0.39 is 0 Å². The summed E-state index contributed by atoms with van der Waals surface area (Å²) in [7, 11) is 0. The van der Waals surface area contributed by atoms with E-state index in [1.807, 2.05) is 56.3 Å². The van der Waals surface area contributed by atoms with Gasteiger partial charge in [0.2, 0.25) is 5.91 Å². The molecule has 1 amide bonds. The van der Waals surface area contributed by atoms with E-state index in [0.717, 1.165) is 28.1 Å². The number of aryl methyl sites for hydroxylation is 2. The third kappa shape index (κ3) is 5.14. The van der Waals surface area contributed by atoms with Gasteiger partial charge in [-0.3, -0.25) is 9.59 Å². The lowest BCUT2D eigenvalue weighted by molar-refractivity contribution is -0.120. The fourth-order valence-corrected chi connectivity index (χ4v) is 3.87. The molecule has 0 radical (unpaired) electrons. The van der Waals surface area contributed by atoms with Gasteiger partial charge in [-0.1, -0.05) is 35.9 Å². The highest BCUT2D eigenvalue weighted by Crippen LogP contribution is 2.23. The molecule has 0 spiro atoms. The number of hydrogen-bond acceptors (Lipinski definition) is 4. The molecule has 2 heterocycles. The molecule has 0 atom stereocenters. The maximum absolute atomic E-state index is 12.9. The molecular weight excluding hydrogens is 416 g/mol. The Labute approximate surface area is 192 Å². The average Bonchev–Trinajstić information content (AvgIpc) is 3.22. The molecular formula is C26H28N4O3. The summed E-state index contributed by atoms with van der Waals surface area (Å²) in [5.74, 6) is 0.701. The number of ether oxygens (including phenoxy) is 1. The zero-order chi connectivity index (χ0) is 23.4. The summed E-state index contributed by atoms with van der Waals surface area (Å²) in [5, 5.41) is 7.46. The first-order valence-electron chi connectivity index (χ1n) is 11.1. The number of nitrogens with one attached hydrogen (secondary N) is 1. The van der Waals surface area contributed by atoms with Crippen LogP contribution in [0.25, 0.3) is 16.8 Å². The summed E-state index contributed by atoms with van der Waals surface area (Å²) in [5.41, 5.74) is 5.37. The molecule has 0 fully saturated rings. The van der Waals surface area contributed by atoms with Crippen molar-refractivity contribution in [2.45, 2.75) is 33.7 Å². The molecule has 7 nitrogen and oxygen atoms in total. The number of aromatic nitrogens is 3. The van der Waals surface area contributed by atoms with Crippen LogP contribution in [0.5, 0.6) is 5.75 Å². The summed E-state index contributed by atoms with van der Waals surface area (Å²) in [4.78, 5) is 25.2. The molecule has 0 aliphatic carbocycles. The van der Waals surface area contributed by atoms with Gasteiger partial charge in [-0.2, -0.15) is 5.10 Å². The van der Waals surface area contributed by atoms with E-state index in [4.69, 9.17) is 4.74 Å². The summed E-state index contributed by atoms with van der Waals surface area (Å²) < 4.78 is 8.63. The second kappa shape index (κ2) is 9.73. The highest BCUT2D eigenvalue weighted by atomic mass is 16.5. The largest absolute Gasteiger partial charge is 0.494 e. The first-order valence-corrected chi connectivity index (χ1v) is 11.1. The highest BCUT2D eigenvalue weighted by Gasteiger charge is 2.11. The molecule has 170 valence electrons. The van der Waals surface area contributed by atoms with Gasteiger partial charge in [0.05, 0.1) is 18.7 Å². The molecule has 0 saturated heterocycles. The van der Waals surface area contributed by atoms with Crippen LogP contribution in [0.2, 0.25) is 0 Å². The first-order chi connectivity index (χ1) is 15.9. The van der Waals surface area contributed by atoms with Gasteiger partial charge >= 0.3 is 0 Å². The Morgan fingerprint density at radius 1 is 1.06 bits per heavy atom. The van der Waals surface area contributed by atoms with E-state index in [0.29, 0.717) is 25.2 Å². The van der Waals surface area contributed by atoms with Crippen LogP contribution in [0.1, 0.15) is 23.6 Å². The number of hydrogen-bond donors (Lipinski definition) is 1. The Hall–Kier alpha value is -3.87. The molecule has 4 rings (SSSR count). The van der Waals surface area contributed by atoms with Crippen molar-refractivity contribution in [1.29, 1.82) is 0 Å². The predicted octanol–water partition coefficient (Wildman–Crippen LogP) is 3.54. The van der Waals surface area contributed by atoms with Crippen LogP contribution < -0.4 is 15.6 Å². The SMILES string of the molecule is CCOc1ccc(CC(=O)NCCn2ccn3nc(-c4ccc(C)cc4C)cc3c2=O)cc1.